The largest absolute Gasteiger partial charge is 0.493 e. The lowest BCUT2D eigenvalue weighted by Crippen LogP contribution is -2.44. The zero-order chi connectivity index (χ0) is 23.2. The standard InChI is InChI=1S/C26H38N2O4/c1-4-26(5-2,18-28)32-24(29)19-12-14-25(17-27,15-13-19)20-10-11-22(30-3)23(16-20)31-21-8-6-7-9-21/h10-11,16,19,21H,4-9,12-15,18,28H2,1-3H3. The van der Waals surface area contributed by atoms with Crippen molar-refractivity contribution >= 4 is 5.97 Å². The van der Waals surface area contributed by atoms with Crippen LogP contribution >= 0.6 is 0 Å². The van der Waals surface area contributed by atoms with Gasteiger partial charge in [-0.3, -0.25) is 4.79 Å². The summed E-state index contributed by atoms with van der Waals surface area (Å²) in [6.07, 6.45) is 8.60. The summed E-state index contributed by atoms with van der Waals surface area (Å²) in [7, 11) is 1.64. The van der Waals surface area contributed by atoms with E-state index in [9.17, 15) is 10.1 Å². The molecule has 32 heavy (non-hydrogen) atoms. The van der Waals surface area contributed by atoms with E-state index in [1.54, 1.807) is 7.11 Å². The third-order valence-electron chi connectivity index (χ3n) is 7.68. The van der Waals surface area contributed by atoms with Gasteiger partial charge in [0.25, 0.3) is 0 Å². The molecule has 0 amide bonds. The molecule has 1 aromatic carbocycles. The number of hydrogen-bond acceptors (Lipinski definition) is 6. The highest BCUT2D eigenvalue weighted by Crippen LogP contribution is 2.44. The van der Waals surface area contributed by atoms with Gasteiger partial charge >= 0.3 is 5.97 Å². The van der Waals surface area contributed by atoms with Crippen molar-refractivity contribution in [2.24, 2.45) is 11.7 Å². The van der Waals surface area contributed by atoms with Crippen LogP contribution in [0.4, 0.5) is 0 Å². The Morgan fingerprint density at radius 3 is 2.34 bits per heavy atom. The van der Waals surface area contributed by atoms with E-state index in [2.05, 4.69) is 6.07 Å². The van der Waals surface area contributed by atoms with Crippen LogP contribution < -0.4 is 15.2 Å². The van der Waals surface area contributed by atoms with Crippen LogP contribution in [0.25, 0.3) is 0 Å². The second kappa shape index (κ2) is 10.6. The molecular formula is C26H38N2O4. The lowest BCUT2D eigenvalue weighted by molar-refractivity contribution is -0.166. The van der Waals surface area contributed by atoms with Gasteiger partial charge in [0, 0.05) is 6.54 Å². The Hall–Kier alpha value is -2.26. The maximum absolute atomic E-state index is 12.9. The monoisotopic (exact) mass is 442 g/mol. The van der Waals surface area contributed by atoms with Crippen LogP contribution in [0, 0.1) is 17.2 Å². The number of nitriles is 1. The van der Waals surface area contributed by atoms with E-state index in [1.165, 1.54) is 12.8 Å². The van der Waals surface area contributed by atoms with Crippen LogP contribution in [0.2, 0.25) is 0 Å². The quantitative estimate of drug-likeness (QED) is 0.539. The molecule has 2 saturated carbocycles. The van der Waals surface area contributed by atoms with Gasteiger partial charge in [0.2, 0.25) is 0 Å². The SMILES string of the molecule is CCC(CC)(CN)OC(=O)C1CCC(C#N)(c2ccc(OC)c(OC3CCCC3)c2)CC1. The van der Waals surface area contributed by atoms with Gasteiger partial charge in [-0.15, -0.1) is 0 Å². The maximum atomic E-state index is 12.9. The molecule has 0 unspecified atom stereocenters. The summed E-state index contributed by atoms with van der Waals surface area (Å²) < 4.78 is 17.6. The number of rotatable bonds is 9. The Kier molecular flexibility index (Phi) is 8.05. The van der Waals surface area contributed by atoms with Gasteiger partial charge in [-0.25, -0.2) is 0 Å². The lowest BCUT2D eigenvalue weighted by Gasteiger charge is -2.37. The molecule has 176 valence electrons. The van der Waals surface area contributed by atoms with Crippen molar-refractivity contribution in [3.05, 3.63) is 23.8 Å². The number of carbonyl (C=O) groups excluding carboxylic acids is 1. The number of nitrogens with two attached hydrogens (primary N) is 1. The van der Waals surface area contributed by atoms with Gasteiger partial charge in [0.15, 0.2) is 11.5 Å². The Balaban J connectivity index is 1.73. The lowest BCUT2D eigenvalue weighted by atomic mass is 9.67. The van der Waals surface area contributed by atoms with Crippen molar-refractivity contribution in [3.8, 4) is 17.6 Å². The second-order valence-corrected chi connectivity index (χ2v) is 9.37. The molecule has 0 saturated heterocycles. The van der Waals surface area contributed by atoms with Crippen LogP contribution in [-0.2, 0) is 14.9 Å². The first kappa shape index (κ1) is 24.4. The fourth-order valence-corrected chi connectivity index (χ4v) is 5.08. The van der Waals surface area contributed by atoms with E-state index in [4.69, 9.17) is 19.9 Å². The smallest absolute Gasteiger partial charge is 0.309 e. The predicted molar refractivity (Wildman–Crippen MR) is 124 cm³/mol. The minimum atomic E-state index is -0.628. The van der Waals surface area contributed by atoms with E-state index < -0.39 is 11.0 Å². The van der Waals surface area contributed by atoms with Crippen molar-refractivity contribution < 1.29 is 19.0 Å². The second-order valence-electron chi connectivity index (χ2n) is 9.37. The molecule has 1 aromatic rings. The molecule has 6 heteroatoms. The molecule has 0 heterocycles. The van der Waals surface area contributed by atoms with Crippen LogP contribution in [-0.4, -0.2) is 31.3 Å². The average molecular weight is 443 g/mol. The molecule has 0 radical (unpaired) electrons. The first-order valence-corrected chi connectivity index (χ1v) is 12.1. The summed E-state index contributed by atoms with van der Waals surface area (Å²) in [5.41, 5.74) is 5.64. The zero-order valence-electron chi connectivity index (χ0n) is 19.8. The van der Waals surface area contributed by atoms with E-state index in [0.717, 1.165) is 18.4 Å². The summed E-state index contributed by atoms with van der Waals surface area (Å²) in [6.45, 7) is 4.33. The molecule has 2 N–H and O–H groups in total. The van der Waals surface area contributed by atoms with Crippen LogP contribution in [0.1, 0.15) is 83.6 Å². The van der Waals surface area contributed by atoms with Crippen molar-refractivity contribution in [1.29, 1.82) is 5.26 Å². The van der Waals surface area contributed by atoms with E-state index in [0.29, 0.717) is 56.6 Å². The number of methoxy groups -OCH3 is 1. The molecule has 3 rings (SSSR count). The number of hydrogen-bond donors (Lipinski definition) is 1. The molecule has 0 spiro atoms. The van der Waals surface area contributed by atoms with E-state index in [1.807, 2.05) is 32.0 Å². The van der Waals surface area contributed by atoms with E-state index >= 15 is 0 Å². The molecule has 0 atom stereocenters. The number of nitrogens with zero attached hydrogens (tertiary/aromatic N) is 1. The van der Waals surface area contributed by atoms with Crippen LogP contribution in [0.3, 0.4) is 0 Å². The average Bonchev–Trinajstić information content (AvgIpc) is 3.35. The van der Waals surface area contributed by atoms with E-state index in [-0.39, 0.29) is 18.0 Å². The van der Waals surface area contributed by atoms with Gasteiger partial charge in [-0.05, 0) is 81.9 Å². The van der Waals surface area contributed by atoms with Crippen molar-refractivity contribution in [2.45, 2.75) is 95.2 Å². The first-order chi connectivity index (χ1) is 15.4. The minimum Gasteiger partial charge on any atom is -0.493 e. The number of benzene rings is 1. The summed E-state index contributed by atoms with van der Waals surface area (Å²) >= 11 is 0. The molecule has 0 aliphatic heterocycles. The number of ether oxygens (including phenoxy) is 3. The Bertz CT molecular complexity index is 805. The number of carbonyl (C=O) groups is 1. The fraction of sp³-hybridized carbons (Fsp3) is 0.692. The molecule has 2 aliphatic carbocycles. The first-order valence-electron chi connectivity index (χ1n) is 12.1. The predicted octanol–water partition coefficient (Wildman–Crippen LogP) is 5.03. The van der Waals surface area contributed by atoms with Crippen LogP contribution in [0.15, 0.2) is 18.2 Å². The summed E-state index contributed by atoms with van der Waals surface area (Å²) in [6, 6.07) is 8.41. The zero-order valence-corrected chi connectivity index (χ0v) is 19.8. The summed E-state index contributed by atoms with van der Waals surface area (Å²) in [5.74, 6) is 1.05. The highest BCUT2D eigenvalue weighted by Gasteiger charge is 2.41. The Morgan fingerprint density at radius 2 is 1.81 bits per heavy atom. The van der Waals surface area contributed by atoms with Gasteiger partial charge in [-0.1, -0.05) is 19.9 Å². The highest BCUT2D eigenvalue weighted by atomic mass is 16.6. The molecule has 2 fully saturated rings. The summed E-state index contributed by atoms with van der Waals surface area (Å²) in [5, 5.41) is 10.2. The summed E-state index contributed by atoms with van der Waals surface area (Å²) in [4.78, 5) is 12.9. The fourth-order valence-electron chi connectivity index (χ4n) is 5.08. The van der Waals surface area contributed by atoms with Gasteiger partial charge in [0.1, 0.15) is 5.60 Å². The maximum Gasteiger partial charge on any atom is 0.309 e. The van der Waals surface area contributed by atoms with Crippen LogP contribution in [0.5, 0.6) is 11.5 Å². The molecular weight excluding hydrogens is 404 g/mol. The third kappa shape index (κ3) is 5.04. The molecule has 2 aliphatic rings. The molecule has 0 bridgehead atoms. The third-order valence-corrected chi connectivity index (χ3v) is 7.68. The van der Waals surface area contributed by atoms with Crippen molar-refractivity contribution in [1.82, 2.24) is 0 Å². The van der Waals surface area contributed by atoms with Gasteiger partial charge in [0.05, 0.1) is 30.6 Å². The van der Waals surface area contributed by atoms with Crippen molar-refractivity contribution in [3.63, 3.8) is 0 Å². The highest BCUT2D eigenvalue weighted by molar-refractivity contribution is 5.73. The van der Waals surface area contributed by atoms with Gasteiger partial charge in [-0.2, -0.15) is 5.26 Å². The van der Waals surface area contributed by atoms with Crippen molar-refractivity contribution in [2.75, 3.05) is 13.7 Å². The normalized spacial score (nSPS) is 24.0. The number of esters is 1. The molecule has 6 nitrogen and oxygen atoms in total. The minimum absolute atomic E-state index is 0.175. The Morgan fingerprint density at radius 1 is 1.16 bits per heavy atom. The Labute approximate surface area is 192 Å². The van der Waals surface area contributed by atoms with Gasteiger partial charge < -0.3 is 19.9 Å². The molecule has 0 aromatic heterocycles. The topological polar surface area (TPSA) is 94.6 Å².